The third-order valence-electron chi connectivity index (χ3n) is 4.87. The van der Waals surface area contributed by atoms with Gasteiger partial charge >= 0.3 is 0 Å². The summed E-state index contributed by atoms with van der Waals surface area (Å²) in [5.41, 5.74) is 1.84. The molecule has 0 spiro atoms. The van der Waals surface area contributed by atoms with E-state index in [4.69, 9.17) is 0 Å². The van der Waals surface area contributed by atoms with Crippen LogP contribution < -0.4 is 0 Å². The van der Waals surface area contributed by atoms with Gasteiger partial charge in [-0.2, -0.15) is 0 Å². The molecule has 2 aliphatic rings. The Morgan fingerprint density at radius 3 is 2.09 bits per heavy atom. The lowest BCUT2D eigenvalue weighted by Gasteiger charge is -2.22. The van der Waals surface area contributed by atoms with Crippen LogP contribution in [0.3, 0.4) is 0 Å². The van der Waals surface area contributed by atoms with Crippen LogP contribution in [-0.4, -0.2) is 28.5 Å². The molecule has 1 fully saturated rings. The minimum atomic E-state index is -1.04. The molecule has 2 aromatic rings. The summed E-state index contributed by atoms with van der Waals surface area (Å²) < 4.78 is 0. The molecule has 1 heterocycles. The molecular formula is C19H15NO3. The standard InChI is InChI=1S/C19H15NO3/c1-12-6-8-13(9-7-12)16-10-19(16,11-21)20-17(22)14-4-2-3-5-15(14)18(20)23/h2-9,11,16H,10H2,1H3/t16-,19+/m0/s1. The highest BCUT2D eigenvalue weighted by Crippen LogP contribution is 2.56. The SMILES string of the molecule is Cc1ccc([C@@H]2C[C@]2(C=O)N2C(=O)c3ccccc3C2=O)cc1. The highest BCUT2D eigenvalue weighted by Gasteiger charge is 2.64. The second-order valence-electron chi connectivity index (χ2n) is 6.27. The molecule has 0 saturated heterocycles. The van der Waals surface area contributed by atoms with Crippen molar-refractivity contribution in [1.29, 1.82) is 0 Å². The molecule has 1 aliphatic heterocycles. The quantitative estimate of drug-likeness (QED) is 0.647. The molecule has 1 aliphatic carbocycles. The summed E-state index contributed by atoms with van der Waals surface area (Å²) in [6, 6.07) is 14.6. The number of carbonyl (C=O) groups is 3. The molecule has 114 valence electrons. The zero-order valence-corrected chi connectivity index (χ0v) is 12.7. The summed E-state index contributed by atoms with van der Waals surface area (Å²) in [4.78, 5) is 38.2. The lowest BCUT2D eigenvalue weighted by Crippen LogP contribution is -2.44. The highest BCUT2D eigenvalue weighted by atomic mass is 16.2. The maximum absolute atomic E-state index is 12.6. The number of aryl methyl sites for hydroxylation is 1. The fraction of sp³-hybridized carbons (Fsp3) is 0.211. The highest BCUT2D eigenvalue weighted by molar-refractivity contribution is 6.23. The van der Waals surface area contributed by atoms with Crippen molar-refractivity contribution in [3.63, 3.8) is 0 Å². The number of benzene rings is 2. The van der Waals surface area contributed by atoms with Gasteiger partial charge < -0.3 is 4.79 Å². The van der Waals surface area contributed by atoms with Crippen molar-refractivity contribution < 1.29 is 14.4 Å². The van der Waals surface area contributed by atoms with E-state index >= 15 is 0 Å². The van der Waals surface area contributed by atoms with Gasteiger partial charge in [0.1, 0.15) is 11.8 Å². The largest absolute Gasteiger partial charge is 0.301 e. The van der Waals surface area contributed by atoms with Crippen molar-refractivity contribution in [3.8, 4) is 0 Å². The minimum absolute atomic E-state index is 0.122. The van der Waals surface area contributed by atoms with E-state index in [-0.39, 0.29) is 17.7 Å². The smallest absolute Gasteiger partial charge is 0.262 e. The minimum Gasteiger partial charge on any atom is -0.301 e. The van der Waals surface area contributed by atoms with Gasteiger partial charge in [0.05, 0.1) is 11.1 Å². The summed E-state index contributed by atoms with van der Waals surface area (Å²) in [6.07, 6.45) is 1.25. The molecule has 23 heavy (non-hydrogen) atoms. The van der Waals surface area contributed by atoms with E-state index in [0.29, 0.717) is 17.5 Å². The fourth-order valence-corrected chi connectivity index (χ4v) is 3.47. The fourth-order valence-electron chi connectivity index (χ4n) is 3.47. The lowest BCUT2D eigenvalue weighted by molar-refractivity contribution is -0.112. The molecule has 0 radical (unpaired) electrons. The van der Waals surface area contributed by atoms with E-state index < -0.39 is 5.54 Å². The van der Waals surface area contributed by atoms with Crippen molar-refractivity contribution in [2.45, 2.75) is 24.8 Å². The Morgan fingerprint density at radius 1 is 1.00 bits per heavy atom. The van der Waals surface area contributed by atoms with Gasteiger partial charge in [-0.3, -0.25) is 14.5 Å². The van der Waals surface area contributed by atoms with Crippen LogP contribution in [0.15, 0.2) is 48.5 Å². The maximum atomic E-state index is 12.6. The number of amides is 2. The van der Waals surface area contributed by atoms with Crippen molar-refractivity contribution in [2.75, 3.05) is 0 Å². The van der Waals surface area contributed by atoms with Crippen molar-refractivity contribution >= 4 is 18.1 Å². The molecule has 2 atom stereocenters. The van der Waals surface area contributed by atoms with Crippen molar-refractivity contribution in [3.05, 3.63) is 70.8 Å². The predicted octanol–water partition coefficient (Wildman–Crippen LogP) is 2.72. The number of aldehydes is 1. The topological polar surface area (TPSA) is 54.5 Å². The predicted molar refractivity (Wildman–Crippen MR) is 84.3 cm³/mol. The molecule has 0 N–H and O–H groups in total. The van der Waals surface area contributed by atoms with Gasteiger partial charge in [0.15, 0.2) is 0 Å². The van der Waals surface area contributed by atoms with Crippen LogP contribution in [0.1, 0.15) is 44.2 Å². The van der Waals surface area contributed by atoms with E-state index in [9.17, 15) is 14.4 Å². The van der Waals surface area contributed by atoms with E-state index in [0.717, 1.165) is 22.3 Å². The summed E-state index contributed by atoms with van der Waals surface area (Å²) in [6.45, 7) is 1.99. The molecule has 4 rings (SSSR count). The van der Waals surface area contributed by atoms with Crippen LogP contribution in [0.5, 0.6) is 0 Å². The van der Waals surface area contributed by atoms with E-state index in [1.165, 1.54) is 0 Å². The van der Waals surface area contributed by atoms with Crippen molar-refractivity contribution in [1.82, 2.24) is 4.90 Å². The second-order valence-corrected chi connectivity index (χ2v) is 6.27. The molecule has 1 saturated carbocycles. The molecule has 2 aromatic carbocycles. The molecule has 4 nitrogen and oxygen atoms in total. The summed E-state index contributed by atoms with van der Waals surface area (Å²) >= 11 is 0. The number of carbonyl (C=O) groups excluding carboxylic acids is 3. The Hall–Kier alpha value is -2.75. The molecule has 0 bridgehead atoms. The van der Waals surface area contributed by atoms with Crippen LogP contribution in [0, 0.1) is 6.92 Å². The van der Waals surface area contributed by atoms with Crippen LogP contribution >= 0.6 is 0 Å². The Kier molecular flexibility index (Phi) is 2.79. The number of fused-ring (bicyclic) bond motifs is 1. The first-order valence-electron chi connectivity index (χ1n) is 7.59. The maximum Gasteiger partial charge on any atom is 0.262 e. The normalized spacial score (nSPS) is 25.4. The van der Waals surface area contributed by atoms with Gasteiger partial charge in [-0.15, -0.1) is 0 Å². The molecule has 0 unspecified atom stereocenters. The molecule has 4 heteroatoms. The Morgan fingerprint density at radius 2 is 1.57 bits per heavy atom. The molecule has 2 amide bonds. The van der Waals surface area contributed by atoms with E-state index in [1.54, 1.807) is 24.3 Å². The number of nitrogens with zero attached hydrogens (tertiary/aromatic N) is 1. The van der Waals surface area contributed by atoms with Gasteiger partial charge in [0, 0.05) is 5.92 Å². The van der Waals surface area contributed by atoms with Gasteiger partial charge in [-0.25, -0.2) is 0 Å². The van der Waals surface area contributed by atoms with Gasteiger partial charge in [0.2, 0.25) is 0 Å². The summed E-state index contributed by atoms with van der Waals surface area (Å²) in [5, 5.41) is 0. The monoisotopic (exact) mass is 305 g/mol. The number of hydrogen-bond acceptors (Lipinski definition) is 3. The summed E-state index contributed by atoms with van der Waals surface area (Å²) in [7, 11) is 0. The molecular weight excluding hydrogens is 290 g/mol. The summed E-state index contributed by atoms with van der Waals surface area (Å²) in [5.74, 6) is -0.859. The zero-order chi connectivity index (χ0) is 16.2. The first kappa shape index (κ1) is 13.9. The molecule has 0 aromatic heterocycles. The number of imide groups is 1. The van der Waals surface area contributed by atoms with Crippen LogP contribution in [-0.2, 0) is 4.79 Å². The Bertz CT molecular complexity index is 805. The zero-order valence-electron chi connectivity index (χ0n) is 12.7. The van der Waals surface area contributed by atoms with E-state index in [2.05, 4.69) is 0 Å². The number of rotatable bonds is 3. The first-order chi connectivity index (χ1) is 11.1. The van der Waals surface area contributed by atoms with Gasteiger partial charge in [0.25, 0.3) is 11.8 Å². The van der Waals surface area contributed by atoms with Gasteiger partial charge in [-0.05, 0) is 31.0 Å². The van der Waals surface area contributed by atoms with Crippen LogP contribution in [0.25, 0.3) is 0 Å². The first-order valence-corrected chi connectivity index (χ1v) is 7.59. The van der Waals surface area contributed by atoms with Crippen LogP contribution in [0.4, 0.5) is 0 Å². The van der Waals surface area contributed by atoms with Crippen LogP contribution in [0.2, 0.25) is 0 Å². The number of hydrogen-bond donors (Lipinski definition) is 0. The Balaban J connectivity index is 1.73. The third kappa shape index (κ3) is 1.81. The van der Waals surface area contributed by atoms with Gasteiger partial charge in [-0.1, -0.05) is 42.0 Å². The lowest BCUT2D eigenvalue weighted by atomic mass is 10.0. The average Bonchev–Trinajstić information content (AvgIpc) is 3.25. The van der Waals surface area contributed by atoms with E-state index in [1.807, 2.05) is 31.2 Å². The Labute approximate surface area is 133 Å². The third-order valence-corrected chi connectivity index (χ3v) is 4.87. The van der Waals surface area contributed by atoms with Crippen molar-refractivity contribution in [2.24, 2.45) is 0 Å². The average molecular weight is 305 g/mol. The second kappa shape index (κ2) is 4.62.